The first-order valence-corrected chi connectivity index (χ1v) is 9.61. The molecule has 4 rings (SSSR count). The Morgan fingerprint density at radius 1 is 1.03 bits per heavy atom. The lowest BCUT2D eigenvalue weighted by atomic mass is 10.1. The Labute approximate surface area is 173 Å². The van der Waals surface area contributed by atoms with E-state index in [1.807, 2.05) is 72.2 Å². The van der Waals surface area contributed by atoms with Crippen molar-refractivity contribution in [3.8, 4) is 0 Å². The minimum atomic E-state index is -0.954. The summed E-state index contributed by atoms with van der Waals surface area (Å²) in [4.78, 5) is 15.9. The lowest BCUT2D eigenvalue weighted by Crippen LogP contribution is -2.04. The van der Waals surface area contributed by atoms with Crippen LogP contribution in [0.3, 0.4) is 0 Å². The van der Waals surface area contributed by atoms with Crippen LogP contribution < -0.4 is 0 Å². The quantitative estimate of drug-likeness (QED) is 0.422. The summed E-state index contributed by atoms with van der Waals surface area (Å²) in [6, 6.07) is 21.0. The molecule has 1 heterocycles. The highest BCUT2D eigenvalue weighted by Gasteiger charge is 2.12. The van der Waals surface area contributed by atoms with Crippen LogP contribution in [0, 0.1) is 6.92 Å². The summed E-state index contributed by atoms with van der Waals surface area (Å²) in [6.07, 6.45) is 4.08. The van der Waals surface area contributed by atoms with Crippen LogP contribution in [0.1, 0.15) is 32.9 Å². The molecule has 1 N–H and O–H groups in total. The third-order valence-electron chi connectivity index (χ3n) is 4.86. The van der Waals surface area contributed by atoms with Crippen molar-refractivity contribution in [1.29, 1.82) is 0 Å². The molecule has 5 heteroatoms. The van der Waals surface area contributed by atoms with Gasteiger partial charge in [-0.2, -0.15) is 0 Å². The lowest BCUT2D eigenvalue weighted by molar-refractivity contribution is 0.0697. The smallest absolute Gasteiger partial charge is 0.335 e. The first kappa shape index (κ1) is 19.0. The van der Waals surface area contributed by atoms with Gasteiger partial charge in [0.15, 0.2) is 0 Å². The van der Waals surface area contributed by atoms with Crippen molar-refractivity contribution >= 4 is 40.8 Å². The van der Waals surface area contributed by atoms with Gasteiger partial charge in [0.05, 0.1) is 23.1 Å². The topological polar surface area (TPSA) is 55.1 Å². The summed E-state index contributed by atoms with van der Waals surface area (Å²) in [7, 11) is 0. The molecule has 144 valence electrons. The molecule has 4 aromatic rings. The van der Waals surface area contributed by atoms with Crippen molar-refractivity contribution in [1.82, 2.24) is 9.55 Å². The van der Waals surface area contributed by atoms with Crippen LogP contribution in [0.2, 0.25) is 5.02 Å². The number of halogens is 1. The fraction of sp³-hybridized carbons (Fsp3) is 0.0833. The number of carbonyl (C=O) groups is 1. The average molecular weight is 403 g/mol. The van der Waals surface area contributed by atoms with Gasteiger partial charge in [0.2, 0.25) is 0 Å². The highest BCUT2D eigenvalue weighted by molar-refractivity contribution is 6.31. The number of imidazole rings is 1. The summed E-state index contributed by atoms with van der Waals surface area (Å²) < 4.78 is 1.99. The van der Waals surface area contributed by atoms with E-state index in [-0.39, 0.29) is 5.56 Å². The highest BCUT2D eigenvalue weighted by Crippen LogP contribution is 2.24. The second-order valence-corrected chi connectivity index (χ2v) is 7.26. The largest absolute Gasteiger partial charge is 0.478 e. The Morgan fingerprint density at radius 2 is 1.79 bits per heavy atom. The van der Waals surface area contributed by atoms with Crippen LogP contribution in [0.25, 0.3) is 23.2 Å². The zero-order valence-corrected chi connectivity index (χ0v) is 16.6. The number of fused-ring (bicyclic) bond motifs is 1. The lowest BCUT2D eigenvalue weighted by Gasteiger charge is -2.10. The van der Waals surface area contributed by atoms with Crippen LogP contribution in [0.5, 0.6) is 0 Å². The minimum Gasteiger partial charge on any atom is -0.478 e. The van der Waals surface area contributed by atoms with Gasteiger partial charge in [-0.25, -0.2) is 9.78 Å². The third-order valence-corrected chi connectivity index (χ3v) is 5.21. The number of carboxylic acid groups (broad SMARTS) is 1. The van der Waals surface area contributed by atoms with E-state index in [1.165, 1.54) is 0 Å². The van der Waals surface area contributed by atoms with Crippen LogP contribution in [0.4, 0.5) is 0 Å². The Morgan fingerprint density at radius 3 is 2.52 bits per heavy atom. The van der Waals surface area contributed by atoms with Gasteiger partial charge >= 0.3 is 5.97 Å². The van der Waals surface area contributed by atoms with Gasteiger partial charge in [0.1, 0.15) is 5.82 Å². The molecule has 0 saturated heterocycles. The normalized spacial score (nSPS) is 11.4. The van der Waals surface area contributed by atoms with Crippen LogP contribution in [0.15, 0.2) is 66.7 Å². The first-order valence-electron chi connectivity index (χ1n) is 9.23. The summed E-state index contributed by atoms with van der Waals surface area (Å²) in [5.41, 5.74) is 4.89. The molecule has 3 aromatic carbocycles. The Bertz CT molecular complexity index is 1230. The maximum absolute atomic E-state index is 11.3. The number of aromatic nitrogens is 2. The Hall–Kier alpha value is -3.37. The van der Waals surface area contributed by atoms with Crippen LogP contribution in [-0.2, 0) is 6.54 Å². The molecule has 29 heavy (non-hydrogen) atoms. The van der Waals surface area contributed by atoms with E-state index in [0.29, 0.717) is 11.6 Å². The number of aromatic carboxylic acids is 1. The van der Waals surface area contributed by atoms with Crippen molar-refractivity contribution < 1.29 is 9.90 Å². The first-order chi connectivity index (χ1) is 14.0. The summed E-state index contributed by atoms with van der Waals surface area (Å²) in [5.74, 6) is -0.142. The van der Waals surface area contributed by atoms with E-state index in [0.717, 1.165) is 33.5 Å². The van der Waals surface area contributed by atoms with Gasteiger partial charge in [0.25, 0.3) is 0 Å². The van der Waals surface area contributed by atoms with Crippen molar-refractivity contribution in [2.45, 2.75) is 13.5 Å². The monoisotopic (exact) mass is 402 g/mol. The average Bonchev–Trinajstić information content (AvgIpc) is 3.03. The molecule has 0 aliphatic rings. The zero-order valence-electron chi connectivity index (χ0n) is 15.8. The van der Waals surface area contributed by atoms with Gasteiger partial charge in [-0.3, -0.25) is 0 Å². The van der Waals surface area contributed by atoms with Gasteiger partial charge in [-0.1, -0.05) is 66.2 Å². The fourth-order valence-electron chi connectivity index (χ4n) is 3.30. The number of nitrogens with zero attached hydrogens (tertiary/aromatic N) is 2. The van der Waals surface area contributed by atoms with E-state index in [4.69, 9.17) is 11.6 Å². The minimum absolute atomic E-state index is 0.242. The van der Waals surface area contributed by atoms with Gasteiger partial charge in [0, 0.05) is 5.02 Å². The molecule has 0 radical (unpaired) electrons. The maximum Gasteiger partial charge on any atom is 0.335 e. The molecule has 0 aliphatic carbocycles. The number of benzene rings is 3. The van der Waals surface area contributed by atoms with E-state index < -0.39 is 5.97 Å². The molecule has 0 atom stereocenters. The predicted octanol–water partition coefficient (Wildman–Crippen LogP) is 5.92. The molecular weight excluding hydrogens is 384 g/mol. The summed E-state index contributed by atoms with van der Waals surface area (Å²) in [5, 5.41) is 9.94. The molecule has 0 amide bonds. The van der Waals surface area contributed by atoms with E-state index >= 15 is 0 Å². The summed E-state index contributed by atoms with van der Waals surface area (Å²) >= 11 is 6.55. The van der Waals surface area contributed by atoms with E-state index in [2.05, 4.69) is 4.98 Å². The van der Waals surface area contributed by atoms with Crippen molar-refractivity contribution in [2.75, 3.05) is 0 Å². The Kier molecular flexibility index (Phi) is 5.19. The van der Waals surface area contributed by atoms with Crippen LogP contribution in [-0.4, -0.2) is 20.6 Å². The number of carboxylic acids is 1. The highest BCUT2D eigenvalue weighted by atomic mass is 35.5. The predicted molar refractivity (Wildman–Crippen MR) is 117 cm³/mol. The van der Waals surface area contributed by atoms with Crippen LogP contribution >= 0.6 is 11.6 Å². The number of hydrogen-bond acceptors (Lipinski definition) is 2. The van der Waals surface area contributed by atoms with Crippen molar-refractivity contribution in [2.24, 2.45) is 0 Å². The zero-order chi connectivity index (χ0) is 20.4. The number of hydrogen-bond donors (Lipinski definition) is 1. The molecule has 0 aliphatic heterocycles. The molecular formula is C24H19ClN2O2. The van der Waals surface area contributed by atoms with Gasteiger partial charge < -0.3 is 9.67 Å². The molecule has 0 unspecified atom stereocenters. The second-order valence-electron chi connectivity index (χ2n) is 6.85. The third kappa shape index (κ3) is 4.08. The molecule has 0 bridgehead atoms. The maximum atomic E-state index is 11.3. The van der Waals surface area contributed by atoms with E-state index in [9.17, 15) is 9.90 Å². The molecule has 0 fully saturated rings. The number of rotatable bonds is 5. The summed E-state index contributed by atoms with van der Waals surface area (Å²) in [6.45, 7) is 2.43. The standard InChI is InChI=1S/C24H19ClN2O2/c1-16-26-22-12-11-19(24(28)29)14-23(22)27(16)15-20-10-9-18(13-21(20)25)8-7-17-5-3-2-4-6-17/h2-14H,15H2,1H3,(H,28,29)/b8-7+. The fourth-order valence-corrected chi connectivity index (χ4v) is 3.55. The molecule has 0 spiro atoms. The number of aryl methyl sites for hydroxylation is 1. The SMILES string of the molecule is Cc1nc2ccc(C(=O)O)cc2n1Cc1ccc(/C=C/c2ccccc2)cc1Cl. The Balaban J connectivity index is 1.63. The van der Waals surface area contributed by atoms with Gasteiger partial charge in [-0.05, 0) is 47.9 Å². The molecule has 4 nitrogen and oxygen atoms in total. The van der Waals surface area contributed by atoms with Crippen molar-refractivity contribution in [3.63, 3.8) is 0 Å². The molecule has 1 aromatic heterocycles. The van der Waals surface area contributed by atoms with Crippen molar-refractivity contribution in [3.05, 3.63) is 99.8 Å². The second kappa shape index (κ2) is 7.94. The molecule has 0 saturated carbocycles. The van der Waals surface area contributed by atoms with Gasteiger partial charge in [-0.15, -0.1) is 0 Å². The van der Waals surface area contributed by atoms with E-state index in [1.54, 1.807) is 18.2 Å².